The summed E-state index contributed by atoms with van der Waals surface area (Å²) in [5.41, 5.74) is 3.77. The first-order chi connectivity index (χ1) is 16.9. The number of rotatable bonds is 7. The van der Waals surface area contributed by atoms with Crippen molar-refractivity contribution in [2.75, 3.05) is 20.3 Å². The van der Waals surface area contributed by atoms with Crippen molar-refractivity contribution >= 4 is 23.4 Å². The van der Waals surface area contributed by atoms with Crippen LogP contribution in [0.5, 0.6) is 5.75 Å². The van der Waals surface area contributed by atoms with Crippen LogP contribution in [-0.4, -0.2) is 43.8 Å². The lowest BCUT2D eigenvalue weighted by molar-refractivity contribution is -0.147. The molecule has 2 aliphatic rings. The van der Waals surface area contributed by atoms with Crippen molar-refractivity contribution < 1.29 is 28.6 Å². The van der Waals surface area contributed by atoms with Gasteiger partial charge in [-0.2, -0.15) is 0 Å². The number of Topliss-reactive ketones (excluding diaryl/α,β-unsaturated/α-hetero) is 1. The molecule has 7 nitrogen and oxygen atoms in total. The van der Waals surface area contributed by atoms with E-state index >= 15 is 0 Å². The van der Waals surface area contributed by atoms with E-state index in [-0.39, 0.29) is 24.9 Å². The second-order valence-corrected chi connectivity index (χ2v) is 8.83. The Morgan fingerprint density at radius 1 is 0.971 bits per heavy atom. The van der Waals surface area contributed by atoms with Crippen molar-refractivity contribution in [3.8, 4) is 5.75 Å². The molecule has 0 spiro atoms. The first-order valence-corrected chi connectivity index (χ1v) is 11.7. The molecule has 0 radical (unpaired) electrons. The Hall–Kier alpha value is -3.58. The van der Waals surface area contributed by atoms with Crippen LogP contribution < -0.4 is 4.74 Å². The van der Waals surface area contributed by atoms with Crippen LogP contribution in [0.4, 0.5) is 0 Å². The lowest BCUT2D eigenvalue weighted by Crippen LogP contribution is -2.38. The monoisotopic (exact) mass is 475 g/mol. The number of carbonyl (C=O) groups excluding carboxylic acids is 3. The number of carbonyl (C=O) groups is 3. The van der Waals surface area contributed by atoms with Crippen LogP contribution in [0.15, 0.2) is 70.9 Å². The number of allylic oxidation sites excluding steroid dienone is 2. The Morgan fingerprint density at radius 2 is 1.69 bits per heavy atom. The van der Waals surface area contributed by atoms with Gasteiger partial charge in [-0.3, -0.25) is 19.4 Å². The first kappa shape index (κ1) is 24.5. The number of nitrogens with zero attached hydrogens (tertiary/aromatic N) is 1. The molecule has 1 heterocycles. The number of esters is 2. The summed E-state index contributed by atoms with van der Waals surface area (Å²) < 4.78 is 15.6. The maximum atomic E-state index is 13.6. The zero-order chi connectivity index (χ0) is 24.9. The second-order valence-electron chi connectivity index (χ2n) is 8.83. The second kappa shape index (κ2) is 10.8. The summed E-state index contributed by atoms with van der Waals surface area (Å²) in [5, 5.41) is 0. The van der Waals surface area contributed by atoms with Crippen LogP contribution in [-0.2, 0) is 23.9 Å². The Labute approximate surface area is 204 Å². The Morgan fingerprint density at radius 3 is 2.34 bits per heavy atom. The third kappa shape index (κ3) is 5.41. The largest absolute Gasteiger partial charge is 0.463 e. The molecule has 3 atom stereocenters. The van der Waals surface area contributed by atoms with E-state index in [2.05, 4.69) is 0 Å². The highest BCUT2D eigenvalue weighted by Crippen LogP contribution is 2.47. The van der Waals surface area contributed by atoms with E-state index < -0.39 is 23.8 Å². The van der Waals surface area contributed by atoms with E-state index in [1.807, 2.05) is 37.3 Å². The third-order valence-electron chi connectivity index (χ3n) is 6.45. The summed E-state index contributed by atoms with van der Waals surface area (Å²) >= 11 is 0. The molecule has 1 unspecified atom stereocenters. The lowest BCUT2D eigenvalue weighted by atomic mass is 9.69. The molecule has 0 N–H and O–H groups in total. The van der Waals surface area contributed by atoms with Crippen LogP contribution in [0.3, 0.4) is 0 Å². The molecule has 2 aromatic carbocycles. The zero-order valence-corrected chi connectivity index (χ0v) is 20.2. The molecule has 0 saturated carbocycles. The highest BCUT2D eigenvalue weighted by Gasteiger charge is 2.44. The minimum Gasteiger partial charge on any atom is -0.463 e. The molecule has 35 heavy (non-hydrogen) atoms. The van der Waals surface area contributed by atoms with E-state index in [0.29, 0.717) is 29.9 Å². The zero-order valence-electron chi connectivity index (χ0n) is 20.2. The van der Waals surface area contributed by atoms with Gasteiger partial charge in [0.1, 0.15) is 18.3 Å². The number of ether oxygens (including phenoxy) is 3. The molecule has 7 heteroatoms. The quantitative estimate of drug-likeness (QED) is 0.335. The SMILES string of the molecule is COCCOC(=O)C1C(C)=NC2=C(C(=O)C[C@@H](c3ccccc3)C2)[C@@H]1c1ccc(OC(C)=O)cc1. The van der Waals surface area contributed by atoms with Gasteiger partial charge in [0.25, 0.3) is 0 Å². The van der Waals surface area contributed by atoms with E-state index in [9.17, 15) is 14.4 Å². The molecule has 182 valence electrons. The minimum absolute atomic E-state index is 0.0138. The summed E-state index contributed by atoms with van der Waals surface area (Å²) in [5.74, 6) is -1.71. The molecule has 0 fully saturated rings. The van der Waals surface area contributed by atoms with Crippen molar-refractivity contribution in [1.29, 1.82) is 0 Å². The van der Waals surface area contributed by atoms with E-state index in [1.165, 1.54) is 14.0 Å². The van der Waals surface area contributed by atoms with Crippen molar-refractivity contribution in [3.05, 3.63) is 77.0 Å². The number of aliphatic imine (C=N–C) groups is 1. The molecule has 4 rings (SSSR count). The van der Waals surface area contributed by atoms with Crippen molar-refractivity contribution in [1.82, 2.24) is 0 Å². The maximum absolute atomic E-state index is 13.6. The Balaban J connectivity index is 1.73. The predicted octanol–water partition coefficient (Wildman–Crippen LogP) is 4.38. The average Bonchev–Trinajstić information content (AvgIpc) is 2.84. The third-order valence-corrected chi connectivity index (χ3v) is 6.45. The van der Waals surface area contributed by atoms with E-state index in [4.69, 9.17) is 19.2 Å². The number of hydrogen-bond donors (Lipinski definition) is 0. The Bertz CT molecular complexity index is 1170. The van der Waals surface area contributed by atoms with Gasteiger partial charge in [-0.25, -0.2) is 0 Å². The fourth-order valence-corrected chi connectivity index (χ4v) is 4.91. The van der Waals surface area contributed by atoms with Gasteiger partial charge < -0.3 is 14.2 Å². The fraction of sp³-hybridized carbons (Fsp3) is 0.357. The highest BCUT2D eigenvalue weighted by molar-refractivity contribution is 6.09. The summed E-state index contributed by atoms with van der Waals surface area (Å²) in [6, 6.07) is 16.9. The van der Waals surface area contributed by atoms with E-state index in [0.717, 1.165) is 16.8 Å². The number of benzene rings is 2. The molecule has 0 bridgehead atoms. The summed E-state index contributed by atoms with van der Waals surface area (Å²) in [7, 11) is 1.54. The Kier molecular flexibility index (Phi) is 7.56. The normalized spacial score (nSPS) is 21.7. The molecule has 0 aromatic heterocycles. The standard InChI is InChI=1S/C28H29NO6/c1-17-25(28(32)34-14-13-33-3)26(20-9-11-22(12-10-20)35-18(2)30)27-23(29-17)15-21(16-24(27)31)19-7-5-4-6-8-19/h4-12,21,25-26H,13-16H2,1-3H3/t21-,25?,26+/m0/s1. The number of methoxy groups -OCH3 is 1. The first-order valence-electron chi connectivity index (χ1n) is 11.7. The molecule has 2 aromatic rings. The van der Waals surface area contributed by atoms with Gasteiger partial charge in [-0.05, 0) is 42.5 Å². The van der Waals surface area contributed by atoms with Crippen LogP contribution in [0.2, 0.25) is 0 Å². The average molecular weight is 476 g/mol. The fourth-order valence-electron chi connectivity index (χ4n) is 4.91. The molecular formula is C28H29NO6. The van der Waals surface area contributed by atoms with Crippen LogP contribution in [0, 0.1) is 5.92 Å². The van der Waals surface area contributed by atoms with Crippen molar-refractivity contribution in [3.63, 3.8) is 0 Å². The van der Waals surface area contributed by atoms with Crippen molar-refractivity contribution in [2.24, 2.45) is 10.9 Å². The molecule has 0 amide bonds. The van der Waals surface area contributed by atoms with Gasteiger partial charge in [0.2, 0.25) is 0 Å². The predicted molar refractivity (Wildman–Crippen MR) is 130 cm³/mol. The maximum Gasteiger partial charge on any atom is 0.315 e. The summed E-state index contributed by atoms with van der Waals surface area (Å²) in [6.45, 7) is 3.54. The molecule has 1 aliphatic carbocycles. The van der Waals surface area contributed by atoms with Gasteiger partial charge in [-0.15, -0.1) is 0 Å². The summed E-state index contributed by atoms with van der Waals surface area (Å²) in [6.07, 6.45) is 0.973. The van der Waals surface area contributed by atoms with Gasteiger partial charge in [-0.1, -0.05) is 42.5 Å². The molecular weight excluding hydrogens is 446 g/mol. The van der Waals surface area contributed by atoms with E-state index in [1.54, 1.807) is 24.3 Å². The van der Waals surface area contributed by atoms with Crippen LogP contribution in [0.25, 0.3) is 0 Å². The lowest BCUT2D eigenvalue weighted by Gasteiger charge is -2.36. The van der Waals surface area contributed by atoms with Crippen LogP contribution in [0.1, 0.15) is 49.7 Å². The number of ketones is 1. The summed E-state index contributed by atoms with van der Waals surface area (Å²) in [4.78, 5) is 42.9. The highest BCUT2D eigenvalue weighted by atomic mass is 16.6. The van der Waals surface area contributed by atoms with Gasteiger partial charge in [0.05, 0.1) is 6.61 Å². The van der Waals surface area contributed by atoms with Crippen LogP contribution >= 0.6 is 0 Å². The topological polar surface area (TPSA) is 91.3 Å². The molecule has 1 aliphatic heterocycles. The van der Waals surface area contributed by atoms with Crippen molar-refractivity contribution in [2.45, 2.75) is 38.5 Å². The van der Waals surface area contributed by atoms with Gasteiger partial charge in [0.15, 0.2) is 5.78 Å². The molecule has 0 saturated heterocycles. The minimum atomic E-state index is -0.734. The number of hydrogen-bond acceptors (Lipinski definition) is 7. The smallest absolute Gasteiger partial charge is 0.315 e. The van der Waals surface area contributed by atoms with Gasteiger partial charge >= 0.3 is 11.9 Å². The van der Waals surface area contributed by atoms with Gasteiger partial charge in [0, 0.05) is 43.4 Å².